The van der Waals surface area contributed by atoms with Gasteiger partial charge in [0.25, 0.3) is 0 Å². The number of carbonyl (C=O) groups is 1. The Hall–Kier alpha value is -2.55. The molecule has 1 aromatic carbocycles. The van der Waals surface area contributed by atoms with Gasteiger partial charge in [0.2, 0.25) is 5.91 Å². The van der Waals surface area contributed by atoms with Gasteiger partial charge in [-0.15, -0.1) is 21.5 Å². The number of hydrogen-bond donors (Lipinski definition) is 0. The lowest BCUT2D eigenvalue weighted by Gasteiger charge is -2.34. The maximum absolute atomic E-state index is 13.4. The third kappa shape index (κ3) is 4.08. The zero-order valence-corrected chi connectivity index (χ0v) is 21.6. The van der Waals surface area contributed by atoms with E-state index < -0.39 is 6.04 Å². The fraction of sp³-hybridized carbons (Fsp3) is 0.440. The molecule has 0 bridgehead atoms. The Bertz CT molecular complexity index is 1250. The number of amides is 1. The lowest BCUT2D eigenvalue weighted by molar-refractivity contribution is -0.133. The second-order valence-electron chi connectivity index (χ2n) is 8.92. The molecule has 0 radical (unpaired) electrons. The summed E-state index contributed by atoms with van der Waals surface area (Å²) in [5.41, 5.74) is 4.14. The fourth-order valence-corrected chi connectivity index (χ4v) is 6.08. The number of aromatic nitrogens is 3. The molecule has 0 spiro atoms. The number of hydrogen-bond acceptors (Lipinski definition) is 6. The van der Waals surface area contributed by atoms with E-state index in [-0.39, 0.29) is 12.3 Å². The third-order valence-corrected chi connectivity index (χ3v) is 8.34. The van der Waals surface area contributed by atoms with Crippen molar-refractivity contribution in [2.24, 2.45) is 4.99 Å². The van der Waals surface area contributed by atoms with Crippen molar-refractivity contribution < 1.29 is 4.79 Å². The van der Waals surface area contributed by atoms with Crippen molar-refractivity contribution in [2.45, 2.75) is 40.2 Å². The highest BCUT2D eigenvalue weighted by atomic mass is 35.5. The van der Waals surface area contributed by atoms with E-state index in [1.807, 2.05) is 36.1 Å². The van der Waals surface area contributed by atoms with Gasteiger partial charge in [-0.05, 0) is 45.0 Å². The van der Waals surface area contributed by atoms with Gasteiger partial charge in [0.15, 0.2) is 5.82 Å². The predicted molar refractivity (Wildman–Crippen MR) is 137 cm³/mol. The number of aliphatic imine (C=N–C) groups is 1. The van der Waals surface area contributed by atoms with Crippen molar-refractivity contribution in [1.29, 1.82) is 0 Å². The van der Waals surface area contributed by atoms with Crippen LogP contribution in [0.3, 0.4) is 0 Å². The Morgan fingerprint density at radius 1 is 1.09 bits per heavy atom. The molecule has 2 aromatic heterocycles. The molecule has 0 saturated carbocycles. The molecule has 9 heteroatoms. The maximum atomic E-state index is 13.4. The standard InChI is InChI=1S/C25H29ClN6OS/c1-5-30-10-12-31(13-11-30)21(33)14-20-24-29-28-17(4)32(24)25-22(15(2)16(3)34-25)23(27-20)18-6-8-19(26)9-7-18/h6-9,20H,5,10-14H2,1-4H3/t20-/m0/s1. The maximum Gasteiger partial charge on any atom is 0.225 e. The normalized spacial score (nSPS) is 18.3. The minimum Gasteiger partial charge on any atom is -0.340 e. The number of rotatable bonds is 4. The van der Waals surface area contributed by atoms with E-state index in [1.165, 1.54) is 10.4 Å². The van der Waals surface area contributed by atoms with Gasteiger partial charge in [0, 0.05) is 47.2 Å². The molecule has 1 amide bonds. The van der Waals surface area contributed by atoms with Crippen LogP contribution in [0.2, 0.25) is 5.02 Å². The van der Waals surface area contributed by atoms with Crippen molar-refractivity contribution >= 4 is 34.6 Å². The predicted octanol–water partition coefficient (Wildman–Crippen LogP) is 4.35. The van der Waals surface area contributed by atoms with Gasteiger partial charge in [-0.2, -0.15) is 0 Å². The van der Waals surface area contributed by atoms with E-state index in [0.717, 1.165) is 66.2 Å². The first-order chi connectivity index (χ1) is 16.4. The van der Waals surface area contributed by atoms with Gasteiger partial charge in [0.1, 0.15) is 16.9 Å². The van der Waals surface area contributed by atoms with Crippen LogP contribution in [-0.2, 0) is 4.79 Å². The monoisotopic (exact) mass is 496 g/mol. The number of carbonyl (C=O) groups excluding carboxylic acids is 1. The van der Waals surface area contributed by atoms with E-state index in [0.29, 0.717) is 5.02 Å². The molecule has 178 valence electrons. The van der Waals surface area contributed by atoms with Crippen LogP contribution in [0.4, 0.5) is 0 Å². The number of fused-ring (bicyclic) bond motifs is 3. The van der Waals surface area contributed by atoms with E-state index in [4.69, 9.17) is 16.6 Å². The quantitative estimate of drug-likeness (QED) is 0.538. The molecule has 34 heavy (non-hydrogen) atoms. The van der Waals surface area contributed by atoms with Crippen LogP contribution in [0.25, 0.3) is 5.00 Å². The Balaban J connectivity index is 1.58. The SMILES string of the molecule is CCN1CCN(C(=O)C[C@@H]2N=C(c3ccc(Cl)cc3)c3c(sc(C)c3C)-n3c(C)nnc32)CC1. The van der Waals surface area contributed by atoms with E-state index in [9.17, 15) is 4.79 Å². The second kappa shape index (κ2) is 9.24. The smallest absolute Gasteiger partial charge is 0.225 e. The molecule has 2 aliphatic heterocycles. The summed E-state index contributed by atoms with van der Waals surface area (Å²) >= 11 is 7.91. The summed E-state index contributed by atoms with van der Waals surface area (Å²) in [5, 5.41) is 10.6. The summed E-state index contributed by atoms with van der Waals surface area (Å²) in [5.74, 6) is 1.65. The summed E-state index contributed by atoms with van der Waals surface area (Å²) in [6.07, 6.45) is 0.272. The number of nitrogens with zero attached hydrogens (tertiary/aromatic N) is 6. The molecule has 1 fully saturated rings. The fourth-order valence-electron chi connectivity index (χ4n) is 4.74. The van der Waals surface area contributed by atoms with E-state index in [1.54, 1.807) is 11.3 Å². The molecule has 2 aliphatic rings. The van der Waals surface area contributed by atoms with Crippen molar-refractivity contribution in [2.75, 3.05) is 32.7 Å². The molecule has 5 rings (SSSR count). The molecular weight excluding hydrogens is 468 g/mol. The molecule has 1 atom stereocenters. The lowest BCUT2D eigenvalue weighted by atomic mass is 9.99. The Kier molecular flexibility index (Phi) is 6.31. The second-order valence-corrected chi connectivity index (χ2v) is 10.6. The van der Waals surface area contributed by atoms with Crippen LogP contribution in [0, 0.1) is 20.8 Å². The molecule has 0 unspecified atom stereocenters. The molecule has 0 aliphatic carbocycles. The topological polar surface area (TPSA) is 66.6 Å². The molecule has 4 heterocycles. The van der Waals surface area contributed by atoms with Crippen LogP contribution in [0.15, 0.2) is 29.3 Å². The number of piperazine rings is 1. The first kappa shape index (κ1) is 23.2. The van der Waals surface area contributed by atoms with Gasteiger partial charge >= 0.3 is 0 Å². The van der Waals surface area contributed by atoms with Crippen molar-refractivity contribution in [3.8, 4) is 5.00 Å². The van der Waals surface area contributed by atoms with Crippen molar-refractivity contribution in [3.05, 3.63) is 62.5 Å². The van der Waals surface area contributed by atoms with E-state index in [2.05, 4.69) is 40.4 Å². The third-order valence-electron chi connectivity index (χ3n) is 6.90. The first-order valence-corrected chi connectivity index (χ1v) is 12.9. The summed E-state index contributed by atoms with van der Waals surface area (Å²) in [6.45, 7) is 12.7. The largest absolute Gasteiger partial charge is 0.340 e. The lowest BCUT2D eigenvalue weighted by Crippen LogP contribution is -2.48. The number of aryl methyl sites for hydroxylation is 2. The van der Waals surface area contributed by atoms with Gasteiger partial charge in [0.05, 0.1) is 12.1 Å². The average Bonchev–Trinajstić information content (AvgIpc) is 3.31. The van der Waals surface area contributed by atoms with Gasteiger partial charge in [-0.25, -0.2) is 0 Å². The first-order valence-electron chi connectivity index (χ1n) is 11.7. The van der Waals surface area contributed by atoms with Gasteiger partial charge < -0.3 is 9.80 Å². The van der Waals surface area contributed by atoms with Crippen LogP contribution >= 0.6 is 22.9 Å². The Morgan fingerprint density at radius 3 is 2.47 bits per heavy atom. The molecule has 0 N–H and O–H groups in total. The molecule has 1 saturated heterocycles. The van der Waals surface area contributed by atoms with Crippen LogP contribution < -0.4 is 0 Å². The molecular formula is C25H29ClN6OS. The van der Waals surface area contributed by atoms with Crippen molar-refractivity contribution in [1.82, 2.24) is 24.6 Å². The number of likely N-dealkylation sites (N-methyl/N-ethyl adjacent to an activating group) is 1. The highest BCUT2D eigenvalue weighted by Gasteiger charge is 2.33. The summed E-state index contributed by atoms with van der Waals surface area (Å²) < 4.78 is 2.10. The molecule has 3 aromatic rings. The average molecular weight is 497 g/mol. The summed E-state index contributed by atoms with van der Waals surface area (Å²) in [7, 11) is 0. The van der Waals surface area contributed by atoms with Gasteiger partial charge in [-0.1, -0.05) is 30.7 Å². The number of benzene rings is 1. The number of halogens is 1. The summed E-state index contributed by atoms with van der Waals surface area (Å²) in [4.78, 5) is 24.2. The zero-order valence-electron chi connectivity index (χ0n) is 20.0. The highest BCUT2D eigenvalue weighted by Crippen LogP contribution is 2.39. The Morgan fingerprint density at radius 2 is 1.79 bits per heavy atom. The van der Waals surface area contributed by atoms with Crippen molar-refractivity contribution in [3.63, 3.8) is 0 Å². The zero-order chi connectivity index (χ0) is 24.0. The number of thiophene rings is 1. The minimum absolute atomic E-state index is 0.116. The van der Waals surface area contributed by atoms with Crippen LogP contribution in [-0.4, -0.2) is 68.9 Å². The minimum atomic E-state index is -0.414. The van der Waals surface area contributed by atoms with Gasteiger partial charge in [-0.3, -0.25) is 14.4 Å². The van der Waals surface area contributed by atoms with Crippen LogP contribution in [0.1, 0.15) is 52.6 Å². The van der Waals surface area contributed by atoms with Crippen LogP contribution in [0.5, 0.6) is 0 Å². The highest BCUT2D eigenvalue weighted by molar-refractivity contribution is 7.15. The van der Waals surface area contributed by atoms with E-state index >= 15 is 0 Å². The molecule has 7 nitrogen and oxygen atoms in total. The Labute approximate surface area is 209 Å². The summed E-state index contributed by atoms with van der Waals surface area (Å²) in [6, 6.07) is 7.36.